The summed E-state index contributed by atoms with van der Waals surface area (Å²) in [5, 5.41) is 11.2. The van der Waals surface area contributed by atoms with Gasteiger partial charge in [-0.2, -0.15) is 0 Å². The number of halogens is 1. The Morgan fingerprint density at radius 1 is 1.00 bits per heavy atom. The molecule has 0 amide bonds. The first kappa shape index (κ1) is 14.1. The number of rotatable bonds is 4. The van der Waals surface area contributed by atoms with E-state index in [1.54, 1.807) is 0 Å². The van der Waals surface area contributed by atoms with Crippen LogP contribution in [0.3, 0.4) is 0 Å². The summed E-state index contributed by atoms with van der Waals surface area (Å²) >= 11 is 5.87. The van der Waals surface area contributed by atoms with Gasteiger partial charge in [0.2, 0.25) is 0 Å². The summed E-state index contributed by atoms with van der Waals surface area (Å²) < 4.78 is 0. The number of aliphatic hydroxyl groups is 1. The van der Waals surface area contributed by atoms with E-state index in [1.165, 1.54) is 0 Å². The molecular weight excluding hydrogens is 256 g/mol. The highest BCUT2D eigenvalue weighted by Crippen LogP contribution is 2.29. The first-order chi connectivity index (χ1) is 9.00. The molecule has 1 nitrogen and oxygen atoms in total. The Kier molecular flexibility index (Phi) is 4.28. The zero-order valence-electron chi connectivity index (χ0n) is 11.3. The van der Waals surface area contributed by atoms with Crippen molar-refractivity contribution in [2.75, 3.05) is 0 Å². The lowest BCUT2D eigenvalue weighted by Gasteiger charge is -2.31. The van der Waals surface area contributed by atoms with E-state index in [1.807, 2.05) is 42.5 Å². The number of aliphatic hydroxyl groups excluding tert-OH is 1. The monoisotopic (exact) mass is 274 g/mol. The van der Waals surface area contributed by atoms with Crippen LogP contribution in [0, 0.1) is 0 Å². The average Bonchev–Trinajstić information content (AvgIpc) is 2.42. The highest BCUT2D eigenvalue weighted by Gasteiger charge is 2.29. The third-order valence-electron chi connectivity index (χ3n) is 3.69. The predicted molar refractivity (Wildman–Crippen MR) is 80.6 cm³/mol. The van der Waals surface area contributed by atoms with E-state index in [0.29, 0.717) is 6.42 Å². The number of hydrogen-bond donors (Lipinski definition) is 1. The Morgan fingerprint density at radius 2 is 1.58 bits per heavy atom. The van der Waals surface area contributed by atoms with Gasteiger partial charge in [-0.25, -0.2) is 0 Å². The van der Waals surface area contributed by atoms with Gasteiger partial charge in [0, 0.05) is 10.4 Å². The molecule has 2 heteroatoms. The molecule has 2 aromatic rings. The number of benzene rings is 2. The summed E-state index contributed by atoms with van der Waals surface area (Å²) in [7, 11) is 0. The zero-order valence-corrected chi connectivity index (χ0v) is 12.1. The largest absolute Gasteiger partial charge is 0.392 e. The van der Waals surface area contributed by atoms with Crippen molar-refractivity contribution in [3.05, 3.63) is 70.7 Å². The van der Waals surface area contributed by atoms with Gasteiger partial charge in [0.15, 0.2) is 0 Å². The van der Waals surface area contributed by atoms with Crippen LogP contribution in [0.5, 0.6) is 0 Å². The van der Waals surface area contributed by atoms with Crippen LogP contribution in [0.4, 0.5) is 0 Å². The first-order valence-electron chi connectivity index (χ1n) is 6.48. The van der Waals surface area contributed by atoms with Crippen LogP contribution in [-0.2, 0) is 11.8 Å². The van der Waals surface area contributed by atoms with E-state index in [4.69, 9.17) is 11.6 Å². The molecule has 1 N–H and O–H groups in total. The lowest BCUT2D eigenvalue weighted by atomic mass is 9.77. The van der Waals surface area contributed by atoms with E-state index in [2.05, 4.69) is 26.0 Å². The Hall–Kier alpha value is -1.31. The predicted octanol–water partition coefficient (Wildman–Crippen LogP) is 4.22. The van der Waals surface area contributed by atoms with Gasteiger partial charge in [-0.05, 0) is 29.7 Å². The molecule has 0 aliphatic rings. The maximum Gasteiger partial charge on any atom is 0.0671 e. The van der Waals surface area contributed by atoms with E-state index in [0.717, 1.165) is 16.1 Å². The minimum absolute atomic E-state index is 0.277. The SMILES string of the molecule is CC(C)(c1ccccc1)C(O)Cc1ccc(Cl)cc1. The number of hydrogen-bond acceptors (Lipinski definition) is 1. The van der Waals surface area contributed by atoms with Crippen molar-refractivity contribution in [1.29, 1.82) is 0 Å². The summed E-state index contributed by atoms with van der Waals surface area (Å²) in [5.41, 5.74) is 1.97. The van der Waals surface area contributed by atoms with Gasteiger partial charge in [-0.1, -0.05) is 67.9 Å². The van der Waals surface area contributed by atoms with E-state index >= 15 is 0 Å². The maximum absolute atomic E-state index is 10.5. The van der Waals surface area contributed by atoms with Crippen LogP contribution in [-0.4, -0.2) is 11.2 Å². The highest BCUT2D eigenvalue weighted by molar-refractivity contribution is 6.30. The van der Waals surface area contributed by atoms with Crippen LogP contribution >= 0.6 is 11.6 Å². The molecule has 2 rings (SSSR count). The standard InChI is InChI=1S/C17H19ClO/c1-17(2,14-6-4-3-5-7-14)16(19)12-13-8-10-15(18)11-9-13/h3-11,16,19H,12H2,1-2H3. The molecule has 0 saturated carbocycles. The van der Waals surface area contributed by atoms with E-state index < -0.39 is 6.10 Å². The maximum atomic E-state index is 10.5. The lowest BCUT2D eigenvalue weighted by molar-refractivity contribution is 0.1000. The van der Waals surface area contributed by atoms with Crippen molar-refractivity contribution in [3.63, 3.8) is 0 Å². The molecule has 0 fully saturated rings. The fourth-order valence-electron chi connectivity index (χ4n) is 2.16. The normalized spacial score (nSPS) is 13.3. The third-order valence-corrected chi connectivity index (χ3v) is 3.95. The van der Waals surface area contributed by atoms with Gasteiger partial charge in [0.25, 0.3) is 0 Å². The van der Waals surface area contributed by atoms with Crippen molar-refractivity contribution < 1.29 is 5.11 Å². The van der Waals surface area contributed by atoms with Gasteiger partial charge < -0.3 is 5.11 Å². The minimum Gasteiger partial charge on any atom is -0.392 e. The summed E-state index contributed by atoms with van der Waals surface area (Å²) in [6.07, 6.45) is 0.190. The van der Waals surface area contributed by atoms with Crippen LogP contribution in [0.25, 0.3) is 0 Å². The lowest BCUT2D eigenvalue weighted by Crippen LogP contribution is -2.35. The zero-order chi connectivity index (χ0) is 13.9. The highest BCUT2D eigenvalue weighted by atomic mass is 35.5. The molecule has 0 aromatic heterocycles. The van der Waals surface area contributed by atoms with Crippen LogP contribution in [0.15, 0.2) is 54.6 Å². The van der Waals surface area contributed by atoms with Gasteiger partial charge in [0.1, 0.15) is 0 Å². The van der Waals surface area contributed by atoms with Crippen molar-refractivity contribution in [1.82, 2.24) is 0 Å². The molecule has 1 unspecified atom stereocenters. The Morgan fingerprint density at radius 3 is 2.16 bits per heavy atom. The van der Waals surface area contributed by atoms with Crippen molar-refractivity contribution in [2.45, 2.75) is 31.8 Å². The third kappa shape index (κ3) is 3.37. The second-order valence-electron chi connectivity index (χ2n) is 5.43. The fraction of sp³-hybridized carbons (Fsp3) is 0.294. The summed E-state index contributed by atoms with van der Waals surface area (Å²) in [6, 6.07) is 17.8. The summed E-state index contributed by atoms with van der Waals surface area (Å²) in [5.74, 6) is 0. The van der Waals surface area contributed by atoms with Crippen molar-refractivity contribution in [3.8, 4) is 0 Å². The van der Waals surface area contributed by atoms with Crippen LogP contribution in [0.1, 0.15) is 25.0 Å². The Labute approximate surface area is 119 Å². The molecule has 1 atom stereocenters. The van der Waals surface area contributed by atoms with Gasteiger partial charge >= 0.3 is 0 Å². The van der Waals surface area contributed by atoms with Crippen molar-refractivity contribution >= 4 is 11.6 Å². The van der Waals surface area contributed by atoms with E-state index in [9.17, 15) is 5.11 Å². The Bertz CT molecular complexity index is 517. The average molecular weight is 275 g/mol. The molecule has 19 heavy (non-hydrogen) atoms. The molecule has 0 saturated heterocycles. The molecule has 0 bridgehead atoms. The van der Waals surface area contributed by atoms with Gasteiger partial charge in [-0.3, -0.25) is 0 Å². The Balaban J connectivity index is 2.15. The molecule has 100 valence electrons. The smallest absolute Gasteiger partial charge is 0.0671 e. The molecule has 0 aliphatic heterocycles. The van der Waals surface area contributed by atoms with Crippen LogP contribution < -0.4 is 0 Å². The van der Waals surface area contributed by atoms with Crippen molar-refractivity contribution in [2.24, 2.45) is 0 Å². The second kappa shape index (κ2) is 5.77. The minimum atomic E-state index is -0.434. The summed E-state index contributed by atoms with van der Waals surface area (Å²) in [4.78, 5) is 0. The topological polar surface area (TPSA) is 20.2 Å². The molecule has 2 aromatic carbocycles. The quantitative estimate of drug-likeness (QED) is 0.885. The fourth-order valence-corrected chi connectivity index (χ4v) is 2.28. The molecular formula is C17H19ClO. The molecule has 0 radical (unpaired) electrons. The molecule has 0 spiro atoms. The molecule has 0 aliphatic carbocycles. The molecule has 0 heterocycles. The first-order valence-corrected chi connectivity index (χ1v) is 6.86. The van der Waals surface area contributed by atoms with Gasteiger partial charge in [0.05, 0.1) is 6.10 Å². The van der Waals surface area contributed by atoms with E-state index in [-0.39, 0.29) is 5.41 Å². The van der Waals surface area contributed by atoms with Gasteiger partial charge in [-0.15, -0.1) is 0 Å². The second-order valence-corrected chi connectivity index (χ2v) is 5.87. The van der Waals surface area contributed by atoms with Crippen LogP contribution in [0.2, 0.25) is 5.02 Å². The summed E-state index contributed by atoms with van der Waals surface area (Å²) in [6.45, 7) is 4.14.